The molecule has 0 unspecified atom stereocenters. The van der Waals surface area contributed by atoms with Gasteiger partial charge in [0.25, 0.3) is 0 Å². The number of piperidine rings is 1. The first kappa shape index (κ1) is 16.1. The lowest BCUT2D eigenvalue weighted by Gasteiger charge is -2.32. The largest absolute Gasteiger partial charge is 0.490 e. The van der Waals surface area contributed by atoms with E-state index in [4.69, 9.17) is 4.74 Å². The molecule has 2 aromatic carbocycles. The number of hydrogen-bond acceptors (Lipinski definition) is 3. The van der Waals surface area contributed by atoms with Crippen LogP contribution >= 0.6 is 0 Å². The highest BCUT2D eigenvalue weighted by molar-refractivity contribution is 5.78. The summed E-state index contributed by atoms with van der Waals surface area (Å²) in [5.74, 6) is 0.378. The molecular formula is C20H22FN3O. The number of rotatable bonds is 5. The number of fused-ring (bicyclic) bond motifs is 1. The fourth-order valence-corrected chi connectivity index (χ4v) is 3.42. The summed E-state index contributed by atoms with van der Waals surface area (Å²) >= 11 is 0. The van der Waals surface area contributed by atoms with Crippen LogP contribution in [0.5, 0.6) is 5.75 Å². The molecule has 1 aromatic heterocycles. The van der Waals surface area contributed by atoms with E-state index in [1.807, 2.05) is 18.3 Å². The summed E-state index contributed by atoms with van der Waals surface area (Å²) in [5, 5.41) is 5.67. The maximum Gasteiger partial charge on any atom is 0.126 e. The van der Waals surface area contributed by atoms with Crippen LogP contribution in [0.15, 0.2) is 54.7 Å². The van der Waals surface area contributed by atoms with Crippen molar-refractivity contribution in [3.63, 3.8) is 0 Å². The third-order valence-corrected chi connectivity index (χ3v) is 4.81. The molecule has 1 fully saturated rings. The number of likely N-dealkylation sites (tertiary alicyclic amines) is 1. The van der Waals surface area contributed by atoms with E-state index in [9.17, 15) is 4.39 Å². The van der Waals surface area contributed by atoms with Crippen molar-refractivity contribution in [1.29, 1.82) is 0 Å². The van der Waals surface area contributed by atoms with Crippen LogP contribution in [0.4, 0.5) is 4.39 Å². The van der Waals surface area contributed by atoms with Gasteiger partial charge in [-0.3, -0.25) is 4.68 Å². The Morgan fingerprint density at radius 1 is 1.04 bits per heavy atom. The Morgan fingerprint density at radius 2 is 1.88 bits per heavy atom. The van der Waals surface area contributed by atoms with Gasteiger partial charge in [0.15, 0.2) is 0 Å². The monoisotopic (exact) mass is 339 g/mol. The van der Waals surface area contributed by atoms with E-state index >= 15 is 0 Å². The minimum absolute atomic E-state index is 0.170. The molecular weight excluding hydrogens is 317 g/mol. The molecule has 0 amide bonds. The molecule has 2 heterocycles. The fraction of sp³-hybridized carbons (Fsp3) is 0.350. The first-order valence-corrected chi connectivity index (χ1v) is 8.83. The normalized spacial score (nSPS) is 16.4. The van der Waals surface area contributed by atoms with Crippen molar-refractivity contribution >= 4 is 10.9 Å². The predicted octanol–water partition coefficient (Wildman–Crippen LogP) is 3.72. The fourth-order valence-electron chi connectivity index (χ4n) is 3.42. The lowest BCUT2D eigenvalue weighted by atomic mass is 10.1. The Labute approximate surface area is 146 Å². The Bertz CT molecular complexity index is 840. The molecule has 0 aliphatic carbocycles. The summed E-state index contributed by atoms with van der Waals surface area (Å²) in [6.45, 7) is 3.87. The van der Waals surface area contributed by atoms with E-state index in [1.54, 1.807) is 6.07 Å². The predicted molar refractivity (Wildman–Crippen MR) is 96.2 cm³/mol. The second-order valence-electron chi connectivity index (χ2n) is 6.54. The van der Waals surface area contributed by atoms with E-state index in [2.05, 4.69) is 32.9 Å². The van der Waals surface area contributed by atoms with Crippen LogP contribution in [-0.4, -0.2) is 40.4 Å². The second-order valence-corrected chi connectivity index (χ2v) is 6.54. The van der Waals surface area contributed by atoms with E-state index in [0.717, 1.165) is 39.0 Å². The molecule has 25 heavy (non-hydrogen) atoms. The van der Waals surface area contributed by atoms with Gasteiger partial charge in [-0.15, -0.1) is 0 Å². The zero-order valence-electron chi connectivity index (χ0n) is 14.1. The van der Waals surface area contributed by atoms with E-state index < -0.39 is 0 Å². The van der Waals surface area contributed by atoms with Crippen LogP contribution in [0.2, 0.25) is 0 Å². The summed E-state index contributed by atoms with van der Waals surface area (Å²) in [6, 6.07) is 14.7. The van der Waals surface area contributed by atoms with Gasteiger partial charge in [0.1, 0.15) is 17.7 Å². The Hall–Kier alpha value is -2.40. The highest BCUT2D eigenvalue weighted by Crippen LogP contribution is 2.20. The average Bonchev–Trinajstić information content (AvgIpc) is 3.04. The number of halogens is 1. The number of ether oxygens (including phenoxy) is 1. The Kier molecular flexibility index (Phi) is 4.65. The average molecular weight is 339 g/mol. The minimum Gasteiger partial charge on any atom is -0.490 e. The van der Waals surface area contributed by atoms with Gasteiger partial charge in [0.05, 0.1) is 18.3 Å². The maximum atomic E-state index is 13.2. The molecule has 4 rings (SSSR count). The highest BCUT2D eigenvalue weighted by atomic mass is 19.1. The third kappa shape index (κ3) is 3.82. The summed E-state index contributed by atoms with van der Waals surface area (Å²) in [4.78, 5) is 2.45. The molecule has 0 atom stereocenters. The quantitative estimate of drug-likeness (QED) is 0.710. The zero-order chi connectivity index (χ0) is 17.1. The van der Waals surface area contributed by atoms with Gasteiger partial charge in [-0.1, -0.05) is 24.3 Å². The molecule has 0 saturated carbocycles. The number of para-hydroxylation sites is 1. The number of benzene rings is 2. The van der Waals surface area contributed by atoms with Crippen molar-refractivity contribution in [2.24, 2.45) is 0 Å². The molecule has 0 bridgehead atoms. The van der Waals surface area contributed by atoms with Gasteiger partial charge in [0.2, 0.25) is 0 Å². The van der Waals surface area contributed by atoms with Crippen molar-refractivity contribution in [2.45, 2.75) is 25.5 Å². The standard InChI is InChI=1S/C20H22FN3O/c21-17-5-3-6-19(14-17)25-18-8-10-23(11-9-18)12-13-24-20-7-2-1-4-16(20)15-22-24/h1-7,14-15,18H,8-13H2. The summed E-state index contributed by atoms with van der Waals surface area (Å²) in [7, 11) is 0. The molecule has 1 aliphatic rings. The molecule has 4 nitrogen and oxygen atoms in total. The van der Waals surface area contributed by atoms with Crippen molar-refractivity contribution in [1.82, 2.24) is 14.7 Å². The van der Waals surface area contributed by atoms with Crippen LogP contribution in [0.3, 0.4) is 0 Å². The van der Waals surface area contributed by atoms with Gasteiger partial charge in [0, 0.05) is 31.1 Å². The van der Waals surface area contributed by atoms with Crippen molar-refractivity contribution < 1.29 is 9.13 Å². The highest BCUT2D eigenvalue weighted by Gasteiger charge is 2.20. The summed E-state index contributed by atoms with van der Waals surface area (Å²) in [6.07, 6.45) is 4.03. The molecule has 3 aromatic rings. The van der Waals surface area contributed by atoms with Crippen molar-refractivity contribution in [2.75, 3.05) is 19.6 Å². The smallest absolute Gasteiger partial charge is 0.126 e. The molecule has 0 N–H and O–H groups in total. The molecule has 1 aliphatic heterocycles. The van der Waals surface area contributed by atoms with Gasteiger partial charge >= 0.3 is 0 Å². The van der Waals surface area contributed by atoms with E-state index in [1.165, 1.54) is 23.0 Å². The lowest BCUT2D eigenvalue weighted by Crippen LogP contribution is -2.39. The Morgan fingerprint density at radius 3 is 2.72 bits per heavy atom. The third-order valence-electron chi connectivity index (χ3n) is 4.81. The van der Waals surface area contributed by atoms with Crippen LogP contribution in [0.25, 0.3) is 10.9 Å². The van der Waals surface area contributed by atoms with E-state index in [-0.39, 0.29) is 11.9 Å². The summed E-state index contributed by atoms with van der Waals surface area (Å²) in [5.41, 5.74) is 1.19. The van der Waals surface area contributed by atoms with Crippen molar-refractivity contribution in [3.05, 3.63) is 60.5 Å². The van der Waals surface area contributed by atoms with Crippen LogP contribution < -0.4 is 4.74 Å². The minimum atomic E-state index is -0.249. The molecule has 0 radical (unpaired) electrons. The van der Waals surface area contributed by atoms with Crippen LogP contribution in [0.1, 0.15) is 12.8 Å². The zero-order valence-corrected chi connectivity index (χ0v) is 14.1. The number of aromatic nitrogens is 2. The van der Waals surface area contributed by atoms with E-state index in [0.29, 0.717) is 5.75 Å². The first-order chi connectivity index (χ1) is 12.3. The Balaban J connectivity index is 1.27. The van der Waals surface area contributed by atoms with Crippen LogP contribution in [0, 0.1) is 5.82 Å². The maximum absolute atomic E-state index is 13.2. The number of hydrogen-bond donors (Lipinski definition) is 0. The van der Waals surface area contributed by atoms with Crippen molar-refractivity contribution in [3.8, 4) is 5.75 Å². The van der Waals surface area contributed by atoms with Gasteiger partial charge in [-0.2, -0.15) is 5.10 Å². The lowest BCUT2D eigenvalue weighted by molar-refractivity contribution is 0.0979. The molecule has 1 saturated heterocycles. The number of nitrogens with zero attached hydrogens (tertiary/aromatic N) is 3. The summed E-state index contributed by atoms with van der Waals surface area (Å²) < 4.78 is 21.2. The van der Waals surface area contributed by atoms with Gasteiger partial charge in [-0.05, 0) is 31.0 Å². The second kappa shape index (κ2) is 7.23. The van der Waals surface area contributed by atoms with Gasteiger partial charge < -0.3 is 9.64 Å². The molecule has 5 heteroatoms. The van der Waals surface area contributed by atoms with Gasteiger partial charge in [-0.25, -0.2) is 4.39 Å². The first-order valence-electron chi connectivity index (χ1n) is 8.83. The SMILES string of the molecule is Fc1cccc(OC2CCN(CCn3ncc4ccccc43)CC2)c1. The topological polar surface area (TPSA) is 30.3 Å². The molecule has 0 spiro atoms. The van der Waals surface area contributed by atoms with Crippen LogP contribution in [-0.2, 0) is 6.54 Å². The molecule has 130 valence electrons.